The standard InChI is InChI=1S/C22H32N2O3/c1-17(2)20(18-6-4-3-5-7-18)21(27)23-12-10-22(11-13-23)9-8-19(26)24(16-22)14-15-25/h3-7,17,20,25H,8-16H2,1-2H3/t20-/m0/s1. The highest BCUT2D eigenvalue weighted by molar-refractivity contribution is 5.84. The van der Waals surface area contributed by atoms with Gasteiger partial charge in [0, 0.05) is 32.6 Å². The van der Waals surface area contributed by atoms with E-state index in [2.05, 4.69) is 13.8 Å². The molecule has 1 aromatic rings. The van der Waals surface area contributed by atoms with Crippen LogP contribution in [0.1, 0.15) is 51.0 Å². The van der Waals surface area contributed by atoms with E-state index in [1.807, 2.05) is 40.1 Å². The van der Waals surface area contributed by atoms with E-state index in [9.17, 15) is 14.7 Å². The van der Waals surface area contributed by atoms with Crippen LogP contribution in [0.4, 0.5) is 0 Å². The molecule has 1 N–H and O–H groups in total. The van der Waals surface area contributed by atoms with Gasteiger partial charge in [0.2, 0.25) is 11.8 Å². The van der Waals surface area contributed by atoms with Gasteiger partial charge in [0.15, 0.2) is 0 Å². The van der Waals surface area contributed by atoms with Crippen molar-refractivity contribution in [3.05, 3.63) is 35.9 Å². The van der Waals surface area contributed by atoms with Gasteiger partial charge >= 0.3 is 0 Å². The van der Waals surface area contributed by atoms with E-state index >= 15 is 0 Å². The van der Waals surface area contributed by atoms with Crippen molar-refractivity contribution in [1.82, 2.24) is 9.80 Å². The summed E-state index contributed by atoms with van der Waals surface area (Å²) in [7, 11) is 0. The minimum atomic E-state index is -0.0981. The van der Waals surface area contributed by atoms with Crippen LogP contribution < -0.4 is 0 Å². The van der Waals surface area contributed by atoms with Crippen molar-refractivity contribution in [3.8, 4) is 0 Å². The maximum absolute atomic E-state index is 13.3. The number of aliphatic hydroxyl groups excluding tert-OH is 1. The molecular weight excluding hydrogens is 340 g/mol. The second kappa shape index (κ2) is 8.42. The van der Waals surface area contributed by atoms with Crippen molar-refractivity contribution in [2.24, 2.45) is 11.3 Å². The molecule has 1 aromatic carbocycles. The van der Waals surface area contributed by atoms with Crippen molar-refractivity contribution in [2.75, 3.05) is 32.8 Å². The van der Waals surface area contributed by atoms with Gasteiger partial charge in [-0.15, -0.1) is 0 Å². The number of amides is 2. The zero-order valence-electron chi connectivity index (χ0n) is 16.6. The Bertz CT molecular complexity index is 651. The van der Waals surface area contributed by atoms with Crippen LogP contribution in [0.15, 0.2) is 30.3 Å². The molecular formula is C22H32N2O3. The molecule has 0 saturated carbocycles. The third-order valence-corrected chi connectivity index (χ3v) is 6.35. The summed E-state index contributed by atoms with van der Waals surface area (Å²) in [6, 6.07) is 10.1. The summed E-state index contributed by atoms with van der Waals surface area (Å²) in [4.78, 5) is 29.1. The lowest BCUT2D eigenvalue weighted by molar-refractivity contribution is -0.143. The first-order valence-corrected chi connectivity index (χ1v) is 10.2. The Labute approximate surface area is 162 Å². The highest BCUT2D eigenvalue weighted by atomic mass is 16.3. The Kier molecular flexibility index (Phi) is 6.20. The summed E-state index contributed by atoms with van der Waals surface area (Å²) >= 11 is 0. The lowest BCUT2D eigenvalue weighted by Crippen LogP contribution is -2.53. The second-order valence-corrected chi connectivity index (χ2v) is 8.50. The zero-order valence-corrected chi connectivity index (χ0v) is 16.6. The van der Waals surface area contributed by atoms with Gasteiger partial charge in [-0.1, -0.05) is 44.2 Å². The molecule has 1 atom stereocenters. The first kappa shape index (κ1) is 19.9. The minimum Gasteiger partial charge on any atom is -0.395 e. The van der Waals surface area contributed by atoms with Crippen LogP contribution in [0.2, 0.25) is 0 Å². The Hall–Kier alpha value is -1.88. The summed E-state index contributed by atoms with van der Waals surface area (Å²) in [6.45, 7) is 6.90. The first-order valence-electron chi connectivity index (χ1n) is 10.2. The maximum Gasteiger partial charge on any atom is 0.230 e. The second-order valence-electron chi connectivity index (χ2n) is 8.50. The van der Waals surface area contributed by atoms with E-state index in [4.69, 9.17) is 0 Å². The molecule has 2 amide bonds. The van der Waals surface area contributed by atoms with Crippen LogP contribution in [-0.2, 0) is 9.59 Å². The fraction of sp³-hybridized carbons (Fsp3) is 0.636. The highest BCUT2D eigenvalue weighted by Crippen LogP contribution is 2.41. The van der Waals surface area contributed by atoms with Crippen LogP contribution in [-0.4, -0.2) is 59.5 Å². The average molecular weight is 373 g/mol. The van der Waals surface area contributed by atoms with Crippen LogP contribution in [0.25, 0.3) is 0 Å². The number of benzene rings is 1. The summed E-state index contributed by atoms with van der Waals surface area (Å²) in [6.07, 6.45) is 3.34. The smallest absolute Gasteiger partial charge is 0.230 e. The number of aliphatic hydroxyl groups is 1. The van der Waals surface area contributed by atoms with Crippen molar-refractivity contribution >= 4 is 11.8 Å². The third-order valence-electron chi connectivity index (χ3n) is 6.35. The molecule has 2 heterocycles. The third kappa shape index (κ3) is 4.34. The van der Waals surface area contributed by atoms with Gasteiger partial charge in [-0.05, 0) is 36.2 Å². The number of rotatable bonds is 5. The predicted octanol–water partition coefficient (Wildman–Crippen LogP) is 2.65. The lowest BCUT2D eigenvalue weighted by atomic mass is 9.72. The van der Waals surface area contributed by atoms with Gasteiger partial charge < -0.3 is 14.9 Å². The quantitative estimate of drug-likeness (QED) is 0.864. The molecule has 0 aromatic heterocycles. The number of hydrogen-bond acceptors (Lipinski definition) is 3. The van der Waals surface area contributed by atoms with Crippen LogP contribution >= 0.6 is 0 Å². The molecule has 5 nitrogen and oxygen atoms in total. The monoisotopic (exact) mass is 372 g/mol. The normalized spacial score (nSPS) is 21.0. The molecule has 0 bridgehead atoms. The van der Waals surface area contributed by atoms with Gasteiger partial charge in [-0.3, -0.25) is 9.59 Å². The van der Waals surface area contributed by atoms with Crippen LogP contribution in [0.5, 0.6) is 0 Å². The molecule has 5 heteroatoms. The van der Waals surface area contributed by atoms with E-state index < -0.39 is 0 Å². The molecule has 0 aliphatic carbocycles. The summed E-state index contributed by atoms with van der Waals surface area (Å²) < 4.78 is 0. The minimum absolute atomic E-state index is 0.0135. The number of carbonyl (C=O) groups excluding carboxylic acids is 2. The number of nitrogens with zero attached hydrogens (tertiary/aromatic N) is 2. The van der Waals surface area contributed by atoms with Crippen molar-refractivity contribution in [2.45, 2.75) is 45.4 Å². The number of hydrogen-bond donors (Lipinski definition) is 1. The van der Waals surface area contributed by atoms with Gasteiger partial charge in [-0.2, -0.15) is 0 Å². The van der Waals surface area contributed by atoms with Gasteiger partial charge in [0.05, 0.1) is 12.5 Å². The summed E-state index contributed by atoms with van der Waals surface area (Å²) in [5.41, 5.74) is 1.20. The van der Waals surface area contributed by atoms with Crippen molar-refractivity contribution < 1.29 is 14.7 Å². The maximum atomic E-state index is 13.3. The van der Waals surface area contributed by atoms with E-state index in [1.165, 1.54) is 0 Å². The van der Waals surface area contributed by atoms with Gasteiger partial charge in [-0.25, -0.2) is 0 Å². The molecule has 0 unspecified atom stereocenters. The Morgan fingerprint density at radius 1 is 1.15 bits per heavy atom. The molecule has 27 heavy (non-hydrogen) atoms. The van der Waals surface area contributed by atoms with Crippen molar-refractivity contribution in [1.29, 1.82) is 0 Å². The van der Waals surface area contributed by atoms with Gasteiger partial charge in [0.1, 0.15) is 0 Å². The topological polar surface area (TPSA) is 60.9 Å². The molecule has 2 fully saturated rings. The molecule has 1 spiro atoms. The van der Waals surface area contributed by atoms with Crippen molar-refractivity contribution in [3.63, 3.8) is 0 Å². The Morgan fingerprint density at radius 2 is 1.81 bits per heavy atom. The summed E-state index contributed by atoms with van der Waals surface area (Å²) in [5, 5.41) is 9.21. The fourth-order valence-electron chi connectivity index (χ4n) is 4.71. The largest absolute Gasteiger partial charge is 0.395 e. The van der Waals surface area contributed by atoms with E-state index in [1.54, 1.807) is 0 Å². The number of likely N-dealkylation sites (tertiary alicyclic amines) is 2. The fourth-order valence-corrected chi connectivity index (χ4v) is 4.71. The highest BCUT2D eigenvalue weighted by Gasteiger charge is 2.42. The lowest BCUT2D eigenvalue weighted by Gasteiger charge is -2.48. The number of piperidine rings is 2. The van der Waals surface area contributed by atoms with E-state index in [0.29, 0.717) is 13.0 Å². The molecule has 3 rings (SSSR count). The zero-order chi connectivity index (χ0) is 19.4. The van der Waals surface area contributed by atoms with Crippen LogP contribution in [0.3, 0.4) is 0 Å². The van der Waals surface area contributed by atoms with E-state index in [-0.39, 0.29) is 35.7 Å². The molecule has 2 aliphatic heterocycles. The van der Waals surface area contributed by atoms with Gasteiger partial charge in [0.25, 0.3) is 0 Å². The Morgan fingerprint density at radius 3 is 2.41 bits per heavy atom. The predicted molar refractivity (Wildman–Crippen MR) is 105 cm³/mol. The van der Waals surface area contributed by atoms with Crippen LogP contribution in [0, 0.1) is 11.3 Å². The molecule has 2 saturated heterocycles. The number of β-amino-alcohol motifs (C(OH)–C–C–N with tert-alkyl or cyclic N) is 1. The Balaban J connectivity index is 1.66. The molecule has 0 radical (unpaired) electrons. The first-order chi connectivity index (χ1) is 13.0. The average Bonchev–Trinajstić information content (AvgIpc) is 2.66. The SMILES string of the molecule is CC(C)[C@H](C(=O)N1CCC2(CCC(=O)N(CCO)C2)CC1)c1ccccc1. The van der Waals surface area contributed by atoms with E-state index in [0.717, 1.165) is 44.5 Å². The summed E-state index contributed by atoms with van der Waals surface area (Å²) in [5.74, 6) is 0.532. The molecule has 2 aliphatic rings. The molecule has 148 valence electrons. The number of carbonyl (C=O) groups is 2.